The third kappa shape index (κ3) is 3.22. The van der Waals surface area contributed by atoms with Crippen LogP contribution in [0.4, 0.5) is 0 Å². The van der Waals surface area contributed by atoms with Gasteiger partial charge in [-0.1, -0.05) is 18.2 Å². The lowest BCUT2D eigenvalue weighted by atomic mass is 10.3. The first-order valence-corrected chi connectivity index (χ1v) is 8.25. The fraction of sp³-hybridized carbons (Fsp3) is 0.385. The predicted molar refractivity (Wildman–Crippen MR) is 75.3 cm³/mol. The highest BCUT2D eigenvalue weighted by molar-refractivity contribution is 7.89. The number of nitrogens with two attached hydrogens (primary N) is 1. The third-order valence-electron chi connectivity index (χ3n) is 3.24. The Morgan fingerprint density at radius 2 is 1.95 bits per heavy atom. The van der Waals surface area contributed by atoms with Crippen molar-refractivity contribution in [2.75, 3.05) is 6.61 Å². The van der Waals surface area contributed by atoms with Gasteiger partial charge in [-0.3, -0.25) is 4.57 Å². The van der Waals surface area contributed by atoms with E-state index in [2.05, 4.69) is 10.2 Å². The van der Waals surface area contributed by atoms with Crippen molar-refractivity contribution in [3.05, 3.63) is 36.2 Å². The Bertz CT molecular complexity index is 723. The molecule has 1 fully saturated rings. The summed E-state index contributed by atoms with van der Waals surface area (Å²) < 4.78 is 30.3. The van der Waals surface area contributed by atoms with Crippen molar-refractivity contribution in [1.82, 2.24) is 14.8 Å². The van der Waals surface area contributed by atoms with E-state index in [0.717, 1.165) is 18.6 Å². The monoisotopic (exact) mass is 308 g/mol. The average molecular weight is 308 g/mol. The Hall–Kier alpha value is -1.93. The smallest absolute Gasteiger partial charge is 0.273 e. The predicted octanol–water partition coefficient (Wildman–Crippen LogP) is 0.882. The van der Waals surface area contributed by atoms with E-state index in [0.29, 0.717) is 18.9 Å². The van der Waals surface area contributed by atoms with Gasteiger partial charge in [0.05, 0.1) is 6.61 Å². The van der Waals surface area contributed by atoms with Crippen molar-refractivity contribution in [3.63, 3.8) is 0 Å². The number of benzene rings is 1. The van der Waals surface area contributed by atoms with E-state index in [9.17, 15) is 8.42 Å². The molecule has 2 aromatic rings. The molecule has 0 radical (unpaired) electrons. The molecule has 21 heavy (non-hydrogen) atoms. The van der Waals surface area contributed by atoms with Crippen molar-refractivity contribution < 1.29 is 13.2 Å². The van der Waals surface area contributed by atoms with Crippen LogP contribution >= 0.6 is 0 Å². The largest absolute Gasteiger partial charge is 0.493 e. The molecular formula is C13H16N4O3S. The van der Waals surface area contributed by atoms with Gasteiger partial charge in [0.15, 0.2) is 0 Å². The summed E-state index contributed by atoms with van der Waals surface area (Å²) in [7, 11) is -3.85. The minimum absolute atomic E-state index is 0.139. The highest BCUT2D eigenvalue weighted by Crippen LogP contribution is 2.37. The van der Waals surface area contributed by atoms with Crippen LogP contribution in [0, 0.1) is 0 Å². The summed E-state index contributed by atoms with van der Waals surface area (Å²) in [6.07, 6.45) is 2.33. The fourth-order valence-corrected chi connectivity index (χ4v) is 2.83. The number of ether oxygens (including phenoxy) is 1. The van der Waals surface area contributed by atoms with Gasteiger partial charge in [-0.2, -0.15) is 0 Å². The van der Waals surface area contributed by atoms with E-state index in [1.165, 1.54) is 0 Å². The Morgan fingerprint density at radius 3 is 2.57 bits per heavy atom. The highest BCUT2D eigenvalue weighted by Gasteiger charge is 2.32. The lowest BCUT2D eigenvalue weighted by Gasteiger charge is -2.08. The lowest BCUT2D eigenvalue weighted by molar-refractivity contribution is 0.316. The van der Waals surface area contributed by atoms with Gasteiger partial charge < -0.3 is 4.74 Å². The zero-order chi connectivity index (χ0) is 14.9. The van der Waals surface area contributed by atoms with Crippen LogP contribution < -0.4 is 9.88 Å². The van der Waals surface area contributed by atoms with Gasteiger partial charge in [-0.25, -0.2) is 13.6 Å². The minimum atomic E-state index is -3.85. The van der Waals surface area contributed by atoms with Gasteiger partial charge in [-0.05, 0) is 25.0 Å². The van der Waals surface area contributed by atoms with Crippen LogP contribution in [0.25, 0.3) is 0 Å². The number of aromatic nitrogens is 3. The van der Waals surface area contributed by atoms with E-state index in [-0.39, 0.29) is 11.2 Å². The second-order valence-electron chi connectivity index (χ2n) is 4.96. The normalized spacial score (nSPS) is 15.1. The molecule has 7 nitrogen and oxygen atoms in total. The van der Waals surface area contributed by atoms with Gasteiger partial charge >= 0.3 is 0 Å². The Morgan fingerprint density at radius 1 is 1.24 bits per heavy atom. The molecule has 1 aromatic heterocycles. The number of sulfonamides is 1. The van der Waals surface area contributed by atoms with E-state index in [4.69, 9.17) is 9.88 Å². The molecule has 1 aromatic carbocycles. The lowest BCUT2D eigenvalue weighted by Crippen LogP contribution is -2.19. The maximum Gasteiger partial charge on any atom is 0.273 e. The first-order valence-electron chi connectivity index (χ1n) is 6.70. The number of rotatable bonds is 6. The quantitative estimate of drug-likeness (QED) is 0.854. The van der Waals surface area contributed by atoms with Crippen molar-refractivity contribution in [2.45, 2.75) is 30.5 Å². The van der Waals surface area contributed by atoms with Crippen LogP contribution in [0.15, 0.2) is 35.5 Å². The van der Waals surface area contributed by atoms with Gasteiger partial charge in [0.25, 0.3) is 15.2 Å². The fourth-order valence-electron chi connectivity index (χ4n) is 2.15. The number of primary sulfonamides is 1. The van der Waals surface area contributed by atoms with Crippen LogP contribution in [0.5, 0.6) is 5.75 Å². The number of hydrogen-bond donors (Lipinski definition) is 1. The molecule has 0 bridgehead atoms. The molecule has 0 atom stereocenters. The number of hydrogen-bond acceptors (Lipinski definition) is 5. The summed E-state index contributed by atoms with van der Waals surface area (Å²) in [5, 5.41) is 12.7. The van der Waals surface area contributed by atoms with Crippen molar-refractivity contribution in [1.29, 1.82) is 0 Å². The Kier molecular flexibility index (Phi) is 3.64. The van der Waals surface area contributed by atoms with Gasteiger partial charge in [0, 0.05) is 12.5 Å². The molecule has 0 spiro atoms. The van der Waals surface area contributed by atoms with Crippen LogP contribution in [0.3, 0.4) is 0 Å². The van der Waals surface area contributed by atoms with E-state index in [1.54, 1.807) is 4.57 Å². The molecule has 2 N–H and O–H groups in total. The van der Waals surface area contributed by atoms with Gasteiger partial charge in [0.1, 0.15) is 11.6 Å². The zero-order valence-corrected chi connectivity index (χ0v) is 12.2. The topological polar surface area (TPSA) is 100 Å². The summed E-state index contributed by atoms with van der Waals surface area (Å²) in [4.78, 5) is 0. The first kappa shape index (κ1) is 14.0. The molecule has 1 saturated carbocycles. The standard InChI is InChI=1S/C13H16N4O3S/c14-21(18,19)13-16-15-12(17(13)10-6-7-10)8-9-20-11-4-2-1-3-5-11/h1-5,10H,6-9H2,(H2,14,18,19). The van der Waals surface area contributed by atoms with Crippen LogP contribution in [-0.4, -0.2) is 29.8 Å². The second-order valence-corrected chi connectivity index (χ2v) is 6.41. The maximum atomic E-state index is 11.5. The molecule has 1 aliphatic rings. The summed E-state index contributed by atoms with van der Waals surface area (Å²) >= 11 is 0. The minimum Gasteiger partial charge on any atom is -0.493 e. The van der Waals surface area contributed by atoms with Crippen molar-refractivity contribution in [2.24, 2.45) is 5.14 Å². The highest BCUT2D eigenvalue weighted by atomic mass is 32.2. The van der Waals surface area contributed by atoms with Crippen LogP contribution in [0.2, 0.25) is 0 Å². The van der Waals surface area contributed by atoms with E-state index in [1.807, 2.05) is 30.3 Å². The van der Waals surface area contributed by atoms with Crippen molar-refractivity contribution >= 4 is 10.0 Å². The van der Waals surface area contributed by atoms with E-state index < -0.39 is 10.0 Å². The number of para-hydroxylation sites is 1. The molecular weight excluding hydrogens is 292 g/mol. The average Bonchev–Trinajstić information content (AvgIpc) is 3.19. The van der Waals surface area contributed by atoms with Gasteiger partial charge in [0.2, 0.25) is 0 Å². The first-order chi connectivity index (χ1) is 10.1. The summed E-state index contributed by atoms with van der Waals surface area (Å²) in [6.45, 7) is 0.402. The Balaban J connectivity index is 1.72. The second kappa shape index (κ2) is 5.45. The summed E-state index contributed by atoms with van der Waals surface area (Å²) in [6, 6.07) is 9.56. The third-order valence-corrected chi connectivity index (χ3v) is 4.03. The Labute approximate surface area is 122 Å². The molecule has 1 aliphatic carbocycles. The SMILES string of the molecule is NS(=O)(=O)c1nnc(CCOc2ccccc2)n1C1CC1. The van der Waals surface area contributed by atoms with E-state index >= 15 is 0 Å². The molecule has 3 rings (SSSR count). The van der Waals surface area contributed by atoms with Gasteiger partial charge in [-0.15, -0.1) is 10.2 Å². The van der Waals surface area contributed by atoms with Crippen LogP contribution in [0.1, 0.15) is 24.7 Å². The molecule has 8 heteroatoms. The molecule has 112 valence electrons. The summed E-state index contributed by atoms with van der Waals surface area (Å²) in [5.41, 5.74) is 0. The summed E-state index contributed by atoms with van der Waals surface area (Å²) in [5.74, 6) is 1.36. The maximum absolute atomic E-state index is 11.5. The molecule has 0 amide bonds. The van der Waals surface area contributed by atoms with Crippen LogP contribution in [-0.2, 0) is 16.4 Å². The van der Waals surface area contributed by atoms with Crippen molar-refractivity contribution in [3.8, 4) is 5.75 Å². The number of nitrogens with zero attached hydrogens (tertiary/aromatic N) is 3. The zero-order valence-electron chi connectivity index (χ0n) is 11.3. The molecule has 1 heterocycles. The molecule has 0 unspecified atom stereocenters. The molecule has 0 aliphatic heterocycles. The molecule has 0 saturated heterocycles.